The van der Waals surface area contributed by atoms with Gasteiger partial charge in [0.15, 0.2) is 5.78 Å². The molecule has 0 spiro atoms. The highest BCUT2D eigenvalue weighted by molar-refractivity contribution is 7.59. The average molecular weight is 266 g/mol. The molecule has 92 valence electrons. The van der Waals surface area contributed by atoms with Crippen LogP contribution in [0.4, 0.5) is 0 Å². The van der Waals surface area contributed by atoms with Crippen molar-refractivity contribution >= 4 is 27.9 Å². The maximum Gasteiger partial charge on any atom is 0.425 e. The van der Waals surface area contributed by atoms with Gasteiger partial charge in [-0.2, -0.15) is 4.79 Å². The largest absolute Gasteiger partial charge is 0.425 e. The number of Topliss-reactive ketones (excluding diaryl/α,β-unsaturated/α-hetero) is 2. The first kappa shape index (κ1) is 13.6. The minimum Gasteiger partial charge on any atom is -0.361 e. The van der Waals surface area contributed by atoms with E-state index >= 15 is 0 Å². The summed E-state index contributed by atoms with van der Waals surface area (Å²) in [6.45, 7) is 0. The van der Waals surface area contributed by atoms with E-state index in [-0.39, 0.29) is 23.7 Å². The lowest BCUT2D eigenvalue weighted by atomic mass is 9.88. The molecule has 18 heavy (non-hydrogen) atoms. The SMILES string of the molecule is O=S(=O)=O.[N-]=[N+]=C1CC(=O)c2ccccc2C1=O. The van der Waals surface area contributed by atoms with E-state index in [1.165, 1.54) is 0 Å². The van der Waals surface area contributed by atoms with Crippen molar-refractivity contribution < 1.29 is 27.0 Å². The summed E-state index contributed by atoms with van der Waals surface area (Å²) < 4.78 is 25.3. The second-order valence-corrected chi connectivity index (χ2v) is 3.63. The average Bonchev–Trinajstić information content (AvgIpc) is 2.33. The van der Waals surface area contributed by atoms with Crippen LogP contribution in [-0.2, 0) is 10.6 Å². The molecule has 0 saturated carbocycles. The standard InChI is InChI=1S/C10H6N2O2.O3S/c11-12-8-5-9(13)6-3-1-2-4-7(6)10(8)14;1-4(2)3/h1-4H,5H2;. The van der Waals surface area contributed by atoms with Crippen molar-refractivity contribution in [2.75, 3.05) is 0 Å². The highest BCUT2D eigenvalue weighted by atomic mass is 32.2. The first-order valence-corrected chi connectivity index (χ1v) is 5.62. The van der Waals surface area contributed by atoms with Crippen LogP contribution in [0, 0.1) is 0 Å². The summed E-state index contributed by atoms with van der Waals surface area (Å²) in [6, 6.07) is 6.53. The number of fused-ring (bicyclic) bond motifs is 1. The van der Waals surface area contributed by atoms with Gasteiger partial charge in [0.1, 0.15) is 6.42 Å². The van der Waals surface area contributed by atoms with Crippen molar-refractivity contribution in [3.63, 3.8) is 0 Å². The molecule has 0 bridgehead atoms. The number of rotatable bonds is 0. The van der Waals surface area contributed by atoms with Crippen LogP contribution in [0.5, 0.6) is 0 Å². The van der Waals surface area contributed by atoms with E-state index < -0.39 is 10.6 Å². The maximum absolute atomic E-state index is 11.6. The van der Waals surface area contributed by atoms with Crippen LogP contribution in [0.1, 0.15) is 27.1 Å². The third-order valence-corrected chi connectivity index (χ3v) is 2.18. The Hall–Kier alpha value is -2.44. The third-order valence-electron chi connectivity index (χ3n) is 2.18. The van der Waals surface area contributed by atoms with E-state index in [1.807, 2.05) is 0 Å². The zero-order chi connectivity index (χ0) is 13.7. The Balaban J connectivity index is 0.000000357. The minimum atomic E-state index is -3.11. The summed E-state index contributed by atoms with van der Waals surface area (Å²) in [5.41, 5.74) is 9.15. The molecular weight excluding hydrogens is 260 g/mol. The van der Waals surface area contributed by atoms with Crippen molar-refractivity contribution in [3.05, 3.63) is 40.9 Å². The molecule has 0 unspecified atom stereocenters. The van der Waals surface area contributed by atoms with Crippen LogP contribution < -0.4 is 0 Å². The van der Waals surface area contributed by atoms with Crippen molar-refractivity contribution in [3.8, 4) is 0 Å². The van der Waals surface area contributed by atoms with Gasteiger partial charge in [-0.1, -0.05) is 24.3 Å². The second kappa shape index (κ2) is 5.76. The maximum atomic E-state index is 11.6. The lowest BCUT2D eigenvalue weighted by Gasteiger charge is -2.08. The van der Waals surface area contributed by atoms with Gasteiger partial charge in [-0.25, -0.2) is 0 Å². The fraction of sp³-hybridized carbons (Fsp3) is 0.100. The smallest absolute Gasteiger partial charge is 0.361 e. The highest BCUT2D eigenvalue weighted by Crippen LogP contribution is 2.18. The summed E-state index contributed by atoms with van der Waals surface area (Å²) in [6.07, 6.45) is -0.119. The summed E-state index contributed by atoms with van der Waals surface area (Å²) in [7, 11) is -3.11. The van der Waals surface area contributed by atoms with Crippen LogP contribution in [0.15, 0.2) is 24.3 Å². The number of nitrogens with zero attached hydrogens (tertiary/aromatic N) is 2. The van der Waals surface area contributed by atoms with Crippen LogP contribution >= 0.6 is 0 Å². The van der Waals surface area contributed by atoms with Gasteiger partial charge >= 0.3 is 16.3 Å². The first-order chi connectivity index (χ1) is 8.47. The van der Waals surface area contributed by atoms with Crippen molar-refractivity contribution in [2.45, 2.75) is 6.42 Å². The van der Waals surface area contributed by atoms with Crippen LogP contribution in [0.2, 0.25) is 0 Å². The lowest BCUT2D eigenvalue weighted by molar-refractivity contribution is -0.00890. The molecule has 0 amide bonds. The normalized spacial score (nSPS) is 13.0. The fourth-order valence-electron chi connectivity index (χ4n) is 1.49. The van der Waals surface area contributed by atoms with Gasteiger partial charge in [-0.3, -0.25) is 9.59 Å². The molecule has 0 fully saturated rings. The predicted molar refractivity (Wildman–Crippen MR) is 58.0 cm³/mol. The van der Waals surface area contributed by atoms with E-state index in [9.17, 15) is 9.59 Å². The number of hydrogen-bond donors (Lipinski definition) is 0. The molecule has 1 aliphatic rings. The highest BCUT2D eigenvalue weighted by Gasteiger charge is 2.34. The quantitative estimate of drug-likeness (QED) is 0.487. The third kappa shape index (κ3) is 3.03. The van der Waals surface area contributed by atoms with E-state index in [1.54, 1.807) is 24.3 Å². The molecule has 0 N–H and O–H groups in total. The monoisotopic (exact) mass is 266 g/mol. The van der Waals surface area contributed by atoms with Gasteiger partial charge in [0.2, 0.25) is 0 Å². The Morgan fingerprint density at radius 1 is 1.06 bits per heavy atom. The van der Waals surface area contributed by atoms with E-state index in [0.717, 1.165) is 0 Å². The molecule has 1 aromatic carbocycles. The van der Waals surface area contributed by atoms with Crippen molar-refractivity contribution in [2.24, 2.45) is 0 Å². The van der Waals surface area contributed by atoms with Crippen LogP contribution in [0.3, 0.4) is 0 Å². The molecule has 2 rings (SSSR count). The van der Waals surface area contributed by atoms with E-state index in [2.05, 4.69) is 4.79 Å². The van der Waals surface area contributed by atoms with E-state index in [0.29, 0.717) is 11.1 Å². The summed E-state index contributed by atoms with van der Waals surface area (Å²) in [5, 5.41) is 0. The number of benzene rings is 1. The predicted octanol–water partition coefficient (Wildman–Crippen LogP) is 0.122. The van der Waals surface area contributed by atoms with Gasteiger partial charge in [0.05, 0.1) is 0 Å². The Morgan fingerprint density at radius 3 is 2.06 bits per heavy atom. The summed E-state index contributed by atoms with van der Waals surface area (Å²) in [5.74, 6) is -0.560. The number of ketones is 2. The van der Waals surface area contributed by atoms with Gasteiger partial charge in [-0.05, 0) is 0 Å². The Bertz CT molecular complexity index is 664. The van der Waals surface area contributed by atoms with Crippen LogP contribution in [0.25, 0.3) is 5.53 Å². The topological polar surface area (TPSA) is 122 Å². The zero-order valence-corrected chi connectivity index (χ0v) is 9.68. The molecule has 1 aromatic rings. The van der Waals surface area contributed by atoms with E-state index in [4.69, 9.17) is 18.2 Å². The van der Waals surface area contributed by atoms with Gasteiger partial charge in [0.25, 0.3) is 5.78 Å². The Kier molecular flexibility index (Phi) is 4.36. The molecule has 1 aliphatic carbocycles. The molecule has 0 heterocycles. The van der Waals surface area contributed by atoms with Gasteiger partial charge in [0, 0.05) is 11.1 Å². The number of carbonyl (C=O) groups excluding carboxylic acids is 2. The molecule has 8 heteroatoms. The lowest BCUT2D eigenvalue weighted by Crippen LogP contribution is -2.27. The summed E-state index contributed by atoms with van der Waals surface area (Å²) >= 11 is 0. The molecule has 7 nitrogen and oxygen atoms in total. The Labute approximate surface area is 103 Å². The molecule has 0 aliphatic heterocycles. The van der Waals surface area contributed by atoms with Gasteiger partial charge in [-0.15, -0.1) is 12.6 Å². The minimum absolute atomic E-state index is 0.0892. The van der Waals surface area contributed by atoms with Crippen molar-refractivity contribution in [1.29, 1.82) is 0 Å². The molecule has 0 radical (unpaired) electrons. The van der Waals surface area contributed by atoms with Crippen LogP contribution in [-0.4, -0.2) is 34.7 Å². The molecule has 0 atom stereocenters. The molecule has 0 aromatic heterocycles. The second-order valence-electron chi connectivity index (χ2n) is 3.23. The molecular formula is C10H6N2O5S. The van der Waals surface area contributed by atoms with Crippen molar-refractivity contribution in [1.82, 2.24) is 0 Å². The molecule has 0 saturated heterocycles. The Morgan fingerprint density at radius 2 is 1.56 bits per heavy atom. The fourth-order valence-corrected chi connectivity index (χ4v) is 1.49. The zero-order valence-electron chi connectivity index (χ0n) is 8.86. The number of hydrogen-bond acceptors (Lipinski definition) is 5. The first-order valence-electron chi connectivity index (χ1n) is 4.62. The number of carbonyl (C=O) groups is 2. The summed E-state index contributed by atoms with van der Waals surface area (Å²) in [4.78, 5) is 25.8. The van der Waals surface area contributed by atoms with Gasteiger partial charge < -0.3 is 5.53 Å².